The number of hydrogen-bond acceptors (Lipinski definition) is 1. The highest BCUT2D eigenvalue weighted by atomic mass is 19.4. The summed E-state index contributed by atoms with van der Waals surface area (Å²) >= 11 is 0. The van der Waals surface area contributed by atoms with E-state index in [9.17, 15) is 22.4 Å². The van der Waals surface area contributed by atoms with Gasteiger partial charge in [-0.05, 0) is 23.3 Å². The van der Waals surface area contributed by atoms with Crippen molar-refractivity contribution in [2.45, 2.75) is 19.0 Å². The van der Waals surface area contributed by atoms with Crippen LogP contribution in [0.2, 0.25) is 0 Å². The molecule has 0 aliphatic heterocycles. The summed E-state index contributed by atoms with van der Waals surface area (Å²) < 4.78 is 49.1. The van der Waals surface area contributed by atoms with Gasteiger partial charge < -0.3 is 5.11 Å². The Morgan fingerprint density at radius 1 is 1.25 bits per heavy atom. The summed E-state index contributed by atoms with van der Waals surface area (Å²) in [6.45, 7) is 0. The lowest BCUT2D eigenvalue weighted by molar-refractivity contribution is -0.136. The van der Waals surface area contributed by atoms with Crippen molar-refractivity contribution in [1.82, 2.24) is 0 Å². The lowest BCUT2D eigenvalue weighted by Gasteiger charge is -2.10. The monoisotopic (exact) mass is 236 g/mol. The molecule has 0 amide bonds. The molecule has 0 spiro atoms. The van der Waals surface area contributed by atoms with Crippen LogP contribution in [0.5, 0.6) is 0 Å². The first-order valence-corrected chi connectivity index (χ1v) is 4.34. The zero-order valence-electron chi connectivity index (χ0n) is 8.01. The number of carboxylic acid groups (broad SMARTS) is 1. The maximum Gasteiger partial charge on any atom is 0.393 e. The highest BCUT2D eigenvalue weighted by Gasteiger charge is 2.29. The van der Waals surface area contributed by atoms with Crippen molar-refractivity contribution in [2.75, 3.05) is 0 Å². The Balaban J connectivity index is 3.02. The van der Waals surface area contributed by atoms with Gasteiger partial charge in [-0.15, -0.1) is 0 Å². The van der Waals surface area contributed by atoms with Crippen LogP contribution in [-0.2, 0) is 17.6 Å². The minimum absolute atomic E-state index is 0.148. The molecule has 1 aromatic carbocycles. The van der Waals surface area contributed by atoms with E-state index in [1.54, 1.807) is 0 Å². The van der Waals surface area contributed by atoms with Crippen molar-refractivity contribution < 1.29 is 27.5 Å². The molecule has 2 nitrogen and oxygen atoms in total. The number of hydrogen-bond donors (Lipinski definition) is 1. The largest absolute Gasteiger partial charge is 0.481 e. The van der Waals surface area contributed by atoms with Crippen molar-refractivity contribution in [1.29, 1.82) is 0 Å². The topological polar surface area (TPSA) is 37.3 Å². The summed E-state index contributed by atoms with van der Waals surface area (Å²) in [5.74, 6) is -2.05. The molecule has 0 aliphatic carbocycles. The van der Waals surface area contributed by atoms with E-state index in [1.807, 2.05) is 0 Å². The zero-order valence-corrected chi connectivity index (χ0v) is 8.01. The molecule has 0 aromatic heterocycles. The van der Waals surface area contributed by atoms with Crippen molar-refractivity contribution in [3.05, 3.63) is 35.1 Å². The second-order valence-electron chi connectivity index (χ2n) is 3.28. The Hall–Kier alpha value is -1.59. The minimum atomic E-state index is -4.44. The summed E-state index contributed by atoms with van der Waals surface area (Å²) in [4.78, 5) is 10.4. The molecule has 88 valence electrons. The molecule has 0 saturated heterocycles. The van der Waals surface area contributed by atoms with E-state index in [2.05, 4.69) is 0 Å². The first-order chi connectivity index (χ1) is 7.28. The first kappa shape index (κ1) is 12.5. The molecule has 0 atom stereocenters. The van der Waals surface area contributed by atoms with Crippen LogP contribution in [0.25, 0.3) is 0 Å². The van der Waals surface area contributed by atoms with E-state index in [4.69, 9.17) is 5.11 Å². The SMILES string of the molecule is O=C(O)Cc1cc(F)ccc1CC(F)(F)F. The average Bonchev–Trinajstić information content (AvgIpc) is 2.06. The number of aliphatic carboxylic acids is 1. The Bertz CT molecular complexity index is 398. The predicted molar refractivity (Wildman–Crippen MR) is 47.5 cm³/mol. The average molecular weight is 236 g/mol. The molecule has 0 saturated carbocycles. The fourth-order valence-corrected chi connectivity index (χ4v) is 1.31. The fraction of sp³-hybridized carbons (Fsp3) is 0.300. The van der Waals surface area contributed by atoms with E-state index < -0.39 is 30.8 Å². The summed E-state index contributed by atoms with van der Waals surface area (Å²) in [6, 6.07) is 2.66. The standard InChI is InChI=1S/C10H8F4O2/c11-8-2-1-6(5-10(12,13)14)7(3-8)4-9(15)16/h1-3H,4-5H2,(H,15,16). The summed E-state index contributed by atoms with van der Waals surface area (Å²) in [6.07, 6.45) is -6.32. The third kappa shape index (κ3) is 3.88. The first-order valence-electron chi connectivity index (χ1n) is 4.34. The molecule has 0 fully saturated rings. The Morgan fingerprint density at radius 2 is 1.88 bits per heavy atom. The molecular weight excluding hydrogens is 228 g/mol. The predicted octanol–water partition coefficient (Wildman–Crippen LogP) is 2.56. The van der Waals surface area contributed by atoms with Gasteiger partial charge in [-0.3, -0.25) is 4.79 Å². The molecule has 0 unspecified atom stereocenters. The number of halogens is 4. The van der Waals surface area contributed by atoms with Gasteiger partial charge in [0, 0.05) is 0 Å². The van der Waals surface area contributed by atoms with E-state index in [-0.39, 0.29) is 11.1 Å². The lowest BCUT2D eigenvalue weighted by Crippen LogP contribution is -2.14. The van der Waals surface area contributed by atoms with Gasteiger partial charge in [-0.1, -0.05) is 6.07 Å². The second-order valence-corrected chi connectivity index (χ2v) is 3.28. The number of carbonyl (C=O) groups is 1. The van der Waals surface area contributed by atoms with Crippen molar-refractivity contribution >= 4 is 5.97 Å². The highest BCUT2D eigenvalue weighted by molar-refractivity contribution is 5.70. The van der Waals surface area contributed by atoms with Gasteiger partial charge in [0.1, 0.15) is 5.82 Å². The van der Waals surface area contributed by atoms with Crippen LogP contribution in [0.3, 0.4) is 0 Å². The van der Waals surface area contributed by atoms with Crippen LogP contribution in [-0.4, -0.2) is 17.3 Å². The molecule has 0 aliphatic rings. The molecular formula is C10H8F4O2. The smallest absolute Gasteiger partial charge is 0.393 e. The molecule has 16 heavy (non-hydrogen) atoms. The van der Waals surface area contributed by atoms with Crippen molar-refractivity contribution in [3.8, 4) is 0 Å². The van der Waals surface area contributed by atoms with E-state index >= 15 is 0 Å². The van der Waals surface area contributed by atoms with Crippen molar-refractivity contribution in [3.63, 3.8) is 0 Å². The van der Waals surface area contributed by atoms with Crippen LogP contribution < -0.4 is 0 Å². The van der Waals surface area contributed by atoms with Gasteiger partial charge in [0.25, 0.3) is 0 Å². The normalized spacial score (nSPS) is 11.5. The number of alkyl halides is 3. The van der Waals surface area contributed by atoms with Gasteiger partial charge >= 0.3 is 12.1 Å². The third-order valence-electron chi connectivity index (χ3n) is 1.90. The third-order valence-corrected chi connectivity index (χ3v) is 1.90. The second kappa shape index (κ2) is 4.51. The Morgan fingerprint density at radius 3 is 2.38 bits per heavy atom. The van der Waals surface area contributed by atoms with Gasteiger partial charge in [0.2, 0.25) is 0 Å². The fourth-order valence-electron chi connectivity index (χ4n) is 1.31. The quantitative estimate of drug-likeness (QED) is 0.819. The molecule has 6 heteroatoms. The van der Waals surface area contributed by atoms with Gasteiger partial charge in [0.05, 0.1) is 12.8 Å². The van der Waals surface area contributed by atoms with Crippen LogP contribution in [0.1, 0.15) is 11.1 Å². The van der Waals surface area contributed by atoms with Crippen LogP contribution in [0.4, 0.5) is 17.6 Å². The van der Waals surface area contributed by atoms with E-state index in [0.29, 0.717) is 0 Å². The molecule has 1 aromatic rings. The lowest BCUT2D eigenvalue weighted by atomic mass is 10.0. The number of rotatable bonds is 3. The maximum absolute atomic E-state index is 12.8. The number of carboxylic acids is 1. The van der Waals surface area contributed by atoms with Gasteiger partial charge in [-0.2, -0.15) is 13.2 Å². The minimum Gasteiger partial charge on any atom is -0.481 e. The van der Waals surface area contributed by atoms with Gasteiger partial charge in [0.15, 0.2) is 0 Å². The van der Waals surface area contributed by atoms with E-state index in [0.717, 1.165) is 18.2 Å². The molecule has 0 heterocycles. The van der Waals surface area contributed by atoms with Crippen LogP contribution >= 0.6 is 0 Å². The molecule has 0 bridgehead atoms. The number of benzene rings is 1. The van der Waals surface area contributed by atoms with Gasteiger partial charge in [-0.25, -0.2) is 4.39 Å². The van der Waals surface area contributed by atoms with E-state index in [1.165, 1.54) is 0 Å². The highest BCUT2D eigenvalue weighted by Crippen LogP contribution is 2.24. The van der Waals surface area contributed by atoms with Crippen LogP contribution in [0, 0.1) is 5.82 Å². The zero-order chi connectivity index (χ0) is 12.3. The van der Waals surface area contributed by atoms with Crippen molar-refractivity contribution in [2.24, 2.45) is 0 Å². The molecule has 0 radical (unpaired) electrons. The summed E-state index contributed by atoms with van der Waals surface area (Å²) in [5, 5.41) is 8.48. The summed E-state index contributed by atoms with van der Waals surface area (Å²) in [5.41, 5.74) is -0.360. The summed E-state index contributed by atoms with van der Waals surface area (Å²) in [7, 11) is 0. The maximum atomic E-state index is 12.8. The Labute approximate surface area is 88.5 Å². The molecule has 1 rings (SSSR count). The van der Waals surface area contributed by atoms with Crippen LogP contribution in [0.15, 0.2) is 18.2 Å². The Kier molecular flexibility index (Phi) is 3.51. The molecule has 1 N–H and O–H groups in total.